The lowest BCUT2D eigenvalue weighted by Gasteiger charge is -2.29. The van der Waals surface area contributed by atoms with Gasteiger partial charge in [-0.15, -0.1) is 0 Å². The summed E-state index contributed by atoms with van der Waals surface area (Å²) in [5.41, 5.74) is 0. The minimum atomic E-state index is -4.25. The standard InChI is InChI=1S/C12H17F3N2O2/c13-12(14,15)7-18-10-3-1-2-9(4-10)17-6-11-5-16-8-19-11/h5,8-10,17H,1-4,6-7H2. The van der Waals surface area contributed by atoms with Crippen molar-refractivity contribution in [3.05, 3.63) is 18.4 Å². The van der Waals surface area contributed by atoms with Crippen molar-refractivity contribution in [2.45, 2.75) is 50.6 Å². The molecule has 1 heterocycles. The number of hydrogen-bond acceptors (Lipinski definition) is 4. The summed E-state index contributed by atoms with van der Waals surface area (Å²) in [5, 5.41) is 3.26. The van der Waals surface area contributed by atoms with Crippen LogP contribution in [0.5, 0.6) is 0 Å². The van der Waals surface area contributed by atoms with Gasteiger partial charge in [0, 0.05) is 6.04 Å². The zero-order valence-electron chi connectivity index (χ0n) is 10.4. The summed E-state index contributed by atoms with van der Waals surface area (Å²) in [4.78, 5) is 3.80. The van der Waals surface area contributed by atoms with E-state index in [0.29, 0.717) is 19.4 Å². The highest BCUT2D eigenvalue weighted by Crippen LogP contribution is 2.24. The Balaban J connectivity index is 1.71. The summed E-state index contributed by atoms with van der Waals surface area (Å²) in [6.07, 6.45) is 1.51. The van der Waals surface area contributed by atoms with E-state index in [2.05, 4.69) is 10.3 Å². The first kappa shape index (κ1) is 14.3. The van der Waals surface area contributed by atoms with Crippen molar-refractivity contribution in [3.63, 3.8) is 0 Å². The highest BCUT2D eigenvalue weighted by molar-refractivity contribution is 4.89. The third kappa shape index (κ3) is 5.20. The maximum absolute atomic E-state index is 12.1. The van der Waals surface area contributed by atoms with E-state index in [4.69, 9.17) is 9.15 Å². The number of nitrogens with one attached hydrogen (secondary N) is 1. The third-order valence-corrected chi connectivity index (χ3v) is 3.16. The molecule has 19 heavy (non-hydrogen) atoms. The van der Waals surface area contributed by atoms with Gasteiger partial charge in [-0.3, -0.25) is 0 Å². The van der Waals surface area contributed by atoms with Crippen LogP contribution in [0.15, 0.2) is 17.0 Å². The topological polar surface area (TPSA) is 47.3 Å². The molecule has 0 aromatic carbocycles. The van der Waals surface area contributed by atoms with Crippen LogP contribution in [0.4, 0.5) is 13.2 Å². The summed E-state index contributed by atoms with van der Waals surface area (Å²) in [5.74, 6) is 0.721. The predicted molar refractivity (Wildman–Crippen MR) is 61.4 cm³/mol. The van der Waals surface area contributed by atoms with Gasteiger partial charge in [-0.05, 0) is 25.7 Å². The number of aromatic nitrogens is 1. The maximum atomic E-state index is 12.1. The average molecular weight is 278 g/mol. The lowest BCUT2D eigenvalue weighted by Crippen LogP contribution is -2.37. The molecule has 1 aromatic heterocycles. The molecule has 1 N–H and O–H groups in total. The van der Waals surface area contributed by atoms with Crippen molar-refractivity contribution in [2.24, 2.45) is 0 Å². The Morgan fingerprint density at radius 1 is 1.42 bits per heavy atom. The number of rotatable bonds is 5. The molecular formula is C12H17F3N2O2. The number of halogens is 3. The second kappa shape index (κ2) is 6.38. The Labute approximate surface area is 109 Å². The minimum absolute atomic E-state index is 0.164. The van der Waals surface area contributed by atoms with Gasteiger partial charge in [-0.25, -0.2) is 4.98 Å². The Bertz CT molecular complexity index is 368. The fraction of sp³-hybridized carbons (Fsp3) is 0.750. The van der Waals surface area contributed by atoms with Crippen LogP contribution >= 0.6 is 0 Å². The van der Waals surface area contributed by atoms with Crippen molar-refractivity contribution in [2.75, 3.05) is 6.61 Å². The summed E-state index contributed by atoms with van der Waals surface area (Å²) < 4.78 is 46.2. The molecule has 2 rings (SSSR count). The molecule has 0 spiro atoms. The molecule has 108 valence electrons. The zero-order valence-corrected chi connectivity index (χ0v) is 10.4. The van der Waals surface area contributed by atoms with Crippen LogP contribution in [-0.2, 0) is 11.3 Å². The van der Waals surface area contributed by atoms with Gasteiger partial charge in [0.1, 0.15) is 12.4 Å². The Morgan fingerprint density at radius 2 is 2.26 bits per heavy atom. The van der Waals surface area contributed by atoms with Crippen LogP contribution in [-0.4, -0.2) is 29.9 Å². The lowest BCUT2D eigenvalue weighted by molar-refractivity contribution is -0.188. The molecular weight excluding hydrogens is 261 g/mol. The molecule has 0 radical (unpaired) electrons. The van der Waals surface area contributed by atoms with Crippen LogP contribution in [0.3, 0.4) is 0 Å². The van der Waals surface area contributed by atoms with Crippen LogP contribution < -0.4 is 5.32 Å². The fourth-order valence-corrected chi connectivity index (χ4v) is 2.27. The first-order valence-corrected chi connectivity index (χ1v) is 6.32. The van der Waals surface area contributed by atoms with Crippen LogP contribution in [0.25, 0.3) is 0 Å². The van der Waals surface area contributed by atoms with E-state index in [1.165, 1.54) is 6.39 Å². The Kier molecular flexibility index (Phi) is 4.81. The monoisotopic (exact) mass is 278 g/mol. The number of nitrogens with zero attached hydrogens (tertiary/aromatic N) is 1. The maximum Gasteiger partial charge on any atom is 0.411 e. The molecule has 2 atom stereocenters. The minimum Gasteiger partial charge on any atom is -0.447 e. The van der Waals surface area contributed by atoms with Crippen molar-refractivity contribution >= 4 is 0 Å². The molecule has 0 bridgehead atoms. The SMILES string of the molecule is FC(F)(F)COC1CCCC(NCc2cnco2)C1. The molecule has 0 saturated heterocycles. The second-order valence-corrected chi connectivity index (χ2v) is 4.76. The highest BCUT2D eigenvalue weighted by atomic mass is 19.4. The zero-order chi connectivity index (χ0) is 13.7. The molecule has 2 unspecified atom stereocenters. The molecule has 0 aliphatic heterocycles. The summed E-state index contributed by atoms with van der Waals surface area (Å²) >= 11 is 0. The largest absolute Gasteiger partial charge is 0.447 e. The lowest BCUT2D eigenvalue weighted by atomic mass is 9.93. The van der Waals surface area contributed by atoms with Gasteiger partial charge in [0.05, 0.1) is 18.8 Å². The molecule has 1 fully saturated rings. The number of hydrogen-bond donors (Lipinski definition) is 1. The Morgan fingerprint density at radius 3 is 2.95 bits per heavy atom. The molecule has 1 aliphatic carbocycles. The van der Waals surface area contributed by atoms with Gasteiger partial charge in [0.25, 0.3) is 0 Å². The van der Waals surface area contributed by atoms with Gasteiger partial charge in [-0.1, -0.05) is 0 Å². The normalized spacial score (nSPS) is 24.6. The van der Waals surface area contributed by atoms with Gasteiger partial charge >= 0.3 is 6.18 Å². The average Bonchev–Trinajstić information content (AvgIpc) is 2.87. The van der Waals surface area contributed by atoms with E-state index in [1.807, 2.05) is 0 Å². The van der Waals surface area contributed by atoms with Crippen molar-refractivity contribution in [1.82, 2.24) is 10.3 Å². The molecule has 7 heteroatoms. The first-order chi connectivity index (χ1) is 9.03. The quantitative estimate of drug-likeness (QED) is 0.899. The van der Waals surface area contributed by atoms with Crippen molar-refractivity contribution in [3.8, 4) is 0 Å². The smallest absolute Gasteiger partial charge is 0.411 e. The van der Waals surface area contributed by atoms with E-state index in [1.54, 1.807) is 6.20 Å². The molecule has 4 nitrogen and oxygen atoms in total. The van der Waals surface area contributed by atoms with Crippen molar-refractivity contribution < 1.29 is 22.3 Å². The Hall–Kier alpha value is -1.08. The highest BCUT2D eigenvalue weighted by Gasteiger charge is 2.31. The number of alkyl halides is 3. The second-order valence-electron chi connectivity index (χ2n) is 4.76. The fourth-order valence-electron chi connectivity index (χ4n) is 2.27. The third-order valence-electron chi connectivity index (χ3n) is 3.16. The number of ether oxygens (including phenoxy) is 1. The van der Waals surface area contributed by atoms with Crippen LogP contribution in [0.1, 0.15) is 31.4 Å². The van der Waals surface area contributed by atoms with Gasteiger partial charge in [-0.2, -0.15) is 13.2 Å². The molecule has 0 amide bonds. The van der Waals surface area contributed by atoms with Crippen molar-refractivity contribution in [1.29, 1.82) is 0 Å². The predicted octanol–water partition coefficient (Wildman–Crippen LogP) is 2.65. The molecule has 1 aromatic rings. The van der Waals surface area contributed by atoms with Gasteiger partial charge in [0.15, 0.2) is 6.39 Å². The van der Waals surface area contributed by atoms with Gasteiger partial charge in [0.2, 0.25) is 0 Å². The summed E-state index contributed by atoms with van der Waals surface area (Å²) in [7, 11) is 0. The molecule has 1 saturated carbocycles. The van der Waals surface area contributed by atoms with E-state index in [-0.39, 0.29) is 12.1 Å². The van der Waals surface area contributed by atoms with Crippen LogP contribution in [0, 0.1) is 0 Å². The van der Waals surface area contributed by atoms with Crippen LogP contribution in [0.2, 0.25) is 0 Å². The summed E-state index contributed by atoms with van der Waals surface area (Å²) in [6.45, 7) is -0.622. The first-order valence-electron chi connectivity index (χ1n) is 6.32. The van der Waals surface area contributed by atoms with E-state index in [0.717, 1.165) is 18.6 Å². The van der Waals surface area contributed by atoms with E-state index >= 15 is 0 Å². The summed E-state index contributed by atoms with van der Waals surface area (Å²) in [6, 6.07) is 0.164. The molecule has 1 aliphatic rings. The van der Waals surface area contributed by atoms with Gasteiger partial charge < -0.3 is 14.5 Å². The van der Waals surface area contributed by atoms with E-state index < -0.39 is 12.8 Å². The van der Waals surface area contributed by atoms with E-state index in [9.17, 15) is 13.2 Å². The number of oxazole rings is 1.